The van der Waals surface area contributed by atoms with E-state index in [1.165, 1.54) is 0 Å². The number of carboxylic acids is 1. The number of nitrogens with zero attached hydrogens (tertiary/aromatic N) is 3. The number of halogens is 1. The summed E-state index contributed by atoms with van der Waals surface area (Å²) in [6.45, 7) is 4.22. The second-order valence-electron chi connectivity index (χ2n) is 7.14. The fourth-order valence-electron chi connectivity index (χ4n) is 3.19. The van der Waals surface area contributed by atoms with Crippen LogP contribution in [0.1, 0.15) is 20.3 Å². The number of carboxylic acid groups (broad SMARTS) is 1. The van der Waals surface area contributed by atoms with Crippen LogP contribution in [0.5, 0.6) is 5.75 Å². The summed E-state index contributed by atoms with van der Waals surface area (Å²) in [6.07, 6.45) is 1.83. The number of carbonyl (C=O) groups is 1. The van der Waals surface area contributed by atoms with Crippen LogP contribution in [0.2, 0.25) is 5.02 Å². The zero-order chi connectivity index (χ0) is 21.3. The van der Waals surface area contributed by atoms with Crippen LogP contribution < -0.4 is 9.84 Å². The highest BCUT2D eigenvalue weighted by Crippen LogP contribution is 2.31. The Labute approximate surface area is 177 Å². The molecule has 0 fully saturated rings. The van der Waals surface area contributed by atoms with Gasteiger partial charge in [-0.3, -0.25) is 0 Å². The van der Waals surface area contributed by atoms with Crippen LogP contribution in [-0.4, -0.2) is 26.8 Å². The molecule has 8 heteroatoms. The maximum absolute atomic E-state index is 10.7. The van der Waals surface area contributed by atoms with Gasteiger partial charge in [-0.2, -0.15) is 4.98 Å². The van der Waals surface area contributed by atoms with Gasteiger partial charge in [-0.25, -0.2) is 0 Å². The van der Waals surface area contributed by atoms with Crippen LogP contribution >= 0.6 is 11.6 Å². The van der Waals surface area contributed by atoms with E-state index < -0.39 is 5.97 Å². The minimum atomic E-state index is -1.07. The average molecular weight is 425 g/mol. The molecule has 0 aliphatic rings. The van der Waals surface area contributed by atoms with Crippen LogP contribution in [0.4, 0.5) is 0 Å². The van der Waals surface area contributed by atoms with Gasteiger partial charge in [0.15, 0.2) is 0 Å². The van der Waals surface area contributed by atoms with Crippen LogP contribution in [0.3, 0.4) is 0 Å². The molecule has 2 aromatic heterocycles. The van der Waals surface area contributed by atoms with Crippen molar-refractivity contribution >= 4 is 28.5 Å². The maximum Gasteiger partial charge on any atom is 0.258 e. The maximum atomic E-state index is 10.7. The highest BCUT2D eigenvalue weighted by molar-refractivity contribution is 6.32. The number of hydrogen-bond acceptors (Lipinski definition) is 6. The average Bonchev–Trinajstić information content (AvgIpc) is 3.34. The van der Waals surface area contributed by atoms with Gasteiger partial charge in [-0.1, -0.05) is 16.8 Å². The molecule has 0 spiro atoms. The summed E-state index contributed by atoms with van der Waals surface area (Å²) >= 11 is 6.30. The van der Waals surface area contributed by atoms with E-state index in [1.54, 1.807) is 12.1 Å². The molecule has 0 saturated carbocycles. The topological polar surface area (TPSA) is 93.2 Å². The molecule has 0 bridgehead atoms. The first-order valence-corrected chi connectivity index (χ1v) is 9.88. The number of ether oxygens (including phenoxy) is 1. The summed E-state index contributed by atoms with van der Waals surface area (Å²) in [5.74, 6) is 0.336. The molecule has 2 aromatic carbocycles. The van der Waals surface area contributed by atoms with Crippen molar-refractivity contribution in [2.45, 2.75) is 32.9 Å². The normalized spacial score (nSPS) is 11.3. The molecule has 0 atom stereocenters. The predicted octanol–water partition coefficient (Wildman–Crippen LogP) is 3.94. The largest absolute Gasteiger partial charge is 0.550 e. The van der Waals surface area contributed by atoms with Crippen molar-refractivity contribution in [1.82, 2.24) is 14.7 Å². The van der Waals surface area contributed by atoms with E-state index >= 15 is 0 Å². The summed E-state index contributed by atoms with van der Waals surface area (Å²) in [5.41, 5.74) is 2.42. The molecular weight excluding hydrogens is 406 g/mol. The molecule has 30 heavy (non-hydrogen) atoms. The first-order chi connectivity index (χ1) is 14.4. The van der Waals surface area contributed by atoms with Gasteiger partial charge in [-0.15, -0.1) is 0 Å². The van der Waals surface area contributed by atoms with Crippen molar-refractivity contribution in [3.63, 3.8) is 0 Å². The molecule has 4 aromatic rings. The summed E-state index contributed by atoms with van der Waals surface area (Å²) < 4.78 is 12.9. The third-order valence-corrected chi connectivity index (χ3v) is 4.85. The number of aliphatic carboxylic acids is 1. The molecule has 0 N–H and O–H groups in total. The Morgan fingerprint density at radius 1 is 1.20 bits per heavy atom. The van der Waals surface area contributed by atoms with Crippen LogP contribution in [0, 0.1) is 0 Å². The fourth-order valence-corrected chi connectivity index (χ4v) is 3.41. The van der Waals surface area contributed by atoms with Gasteiger partial charge in [0.2, 0.25) is 5.82 Å². The molecule has 4 rings (SSSR count). The zero-order valence-corrected chi connectivity index (χ0v) is 17.2. The summed E-state index contributed by atoms with van der Waals surface area (Å²) in [7, 11) is 0. The number of carbonyl (C=O) groups excluding carboxylic acids is 1. The van der Waals surface area contributed by atoms with E-state index in [9.17, 15) is 9.90 Å². The van der Waals surface area contributed by atoms with Crippen molar-refractivity contribution in [2.24, 2.45) is 0 Å². The van der Waals surface area contributed by atoms with Crippen LogP contribution in [-0.2, 0) is 11.3 Å². The zero-order valence-electron chi connectivity index (χ0n) is 16.5. The number of aryl methyl sites for hydroxylation is 1. The lowest BCUT2D eigenvalue weighted by Crippen LogP contribution is -2.23. The fraction of sp³-hybridized carbons (Fsp3) is 0.227. The Kier molecular flexibility index (Phi) is 5.46. The van der Waals surface area contributed by atoms with Gasteiger partial charge in [0.25, 0.3) is 5.89 Å². The number of aromatic nitrogens is 3. The van der Waals surface area contributed by atoms with Crippen LogP contribution in [0.25, 0.3) is 33.7 Å². The van der Waals surface area contributed by atoms with Crippen molar-refractivity contribution in [3.8, 4) is 28.6 Å². The minimum absolute atomic E-state index is 0.0222. The van der Waals surface area contributed by atoms with Crippen molar-refractivity contribution in [1.29, 1.82) is 0 Å². The number of hydrogen-bond donors (Lipinski definition) is 0. The smallest absolute Gasteiger partial charge is 0.258 e. The van der Waals surface area contributed by atoms with E-state index in [4.69, 9.17) is 20.9 Å². The predicted molar refractivity (Wildman–Crippen MR) is 111 cm³/mol. The third-order valence-electron chi connectivity index (χ3n) is 4.55. The second kappa shape index (κ2) is 8.20. The van der Waals surface area contributed by atoms with E-state index in [-0.39, 0.29) is 12.5 Å². The van der Waals surface area contributed by atoms with E-state index in [2.05, 4.69) is 10.1 Å². The lowest BCUT2D eigenvalue weighted by Gasteiger charge is -2.11. The molecule has 0 aliphatic heterocycles. The van der Waals surface area contributed by atoms with Gasteiger partial charge in [0.1, 0.15) is 5.75 Å². The first kappa shape index (κ1) is 20.0. The third kappa shape index (κ3) is 4.16. The monoisotopic (exact) mass is 424 g/mol. The quantitative estimate of drug-likeness (QED) is 0.446. The molecule has 0 radical (unpaired) electrons. The number of rotatable bonds is 7. The Hall–Kier alpha value is -3.32. The van der Waals surface area contributed by atoms with Gasteiger partial charge in [0, 0.05) is 47.2 Å². The van der Waals surface area contributed by atoms with Gasteiger partial charge in [-0.05, 0) is 56.3 Å². The highest BCUT2D eigenvalue weighted by atomic mass is 35.5. The van der Waals surface area contributed by atoms with E-state index in [0.29, 0.717) is 34.6 Å². The standard InChI is InChI=1S/C22H20ClN3O4/c1-13(2)29-19-6-4-16(12-17(19)23)22-24-21(25-30-22)15-3-5-18-14(11-15)7-9-26(18)10-8-20(27)28/h3-7,9,11-13H,8,10H2,1-2H3,(H,27,28)/p-1. The van der Waals surface area contributed by atoms with Gasteiger partial charge < -0.3 is 23.7 Å². The van der Waals surface area contributed by atoms with Gasteiger partial charge in [0.05, 0.1) is 11.1 Å². The van der Waals surface area contributed by atoms with E-state index in [0.717, 1.165) is 16.5 Å². The number of benzene rings is 2. The van der Waals surface area contributed by atoms with Crippen LogP contribution in [0.15, 0.2) is 53.2 Å². The molecule has 154 valence electrons. The summed E-state index contributed by atoms with van der Waals surface area (Å²) in [4.78, 5) is 15.2. The summed E-state index contributed by atoms with van der Waals surface area (Å²) in [6, 6.07) is 13.0. The summed E-state index contributed by atoms with van der Waals surface area (Å²) in [5, 5.41) is 16.2. The Bertz CT molecular complexity index is 1210. The second-order valence-corrected chi connectivity index (χ2v) is 7.55. The van der Waals surface area contributed by atoms with Crippen molar-refractivity contribution < 1.29 is 19.2 Å². The molecule has 7 nitrogen and oxygen atoms in total. The molecule has 0 amide bonds. The van der Waals surface area contributed by atoms with Crippen molar-refractivity contribution in [3.05, 3.63) is 53.7 Å². The first-order valence-electron chi connectivity index (χ1n) is 9.50. The Morgan fingerprint density at radius 2 is 2.00 bits per heavy atom. The molecule has 0 unspecified atom stereocenters. The molecule has 0 aliphatic carbocycles. The minimum Gasteiger partial charge on any atom is -0.550 e. The van der Waals surface area contributed by atoms with Gasteiger partial charge >= 0.3 is 0 Å². The molecule has 2 heterocycles. The lowest BCUT2D eigenvalue weighted by atomic mass is 10.1. The SMILES string of the molecule is CC(C)Oc1ccc(-c2nc(-c3ccc4c(ccn4CCC(=O)[O-])c3)no2)cc1Cl. The highest BCUT2D eigenvalue weighted by Gasteiger charge is 2.14. The number of fused-ring (bicyclic) bond motifs is 1. The Balaban J connectivity index is 1.58. The van der Waals surface area contributed by atoms with E-state index in [1.807, 2.05) is 54.9 Å². The Morgan fingerprint density at radius 3 is 2.73 bits per heavy atom. The van der Waals surface area contributed by atoms with Crippen molar-refractivity contribution in [2.75, 3.05) is 0 Å². The lowest BCUT2D eigenvalue weighted by molar-refractivity contribution is -0.305. The molecule has 0 saturated heterocycles. The molecular formula is C22H19ClN3O4-.